The van der Waals surface area contributed by atoms with Gasteiger partial charge in [0.05, 0.1) is 10.5 Å². The van der Waals surface area contributed by atoms with E-state index in [2.05, 4.69) is 5.32 Å². The van der Waals surface area contributed by atoms with Gasteiger partial charge in [0.15, 0.2) is 6.10 Å². The summed E-state index contributed by atoms with van der Waals surface area (Å²) in [7, 11) is -2.26. The number of amides is 1. The zero-order valence-corrected chi connectivity index (χ0v) is 17.8. The molecule has 7 nitrogen and oxygen atoms in total. The minimum atomic E-state index is -3.73. The third-order valence-corrected chi connectivity index (χ3v) is 6.47. The predicted molar refractivity (Wildman–Crippen MR) is 110 cm³/mol. The van der Waals surface area contributed by atoms with Gasteiger partial charge in [-0.2, -0.15) is 4.31 Å². The Morgan fingerprint density at radius 1 is 1.03 bits per heavy atom. The molecular weight excluding hydrogens is 392 g/mol. The molecule has 1 atom stereocenters. The molecule has 0 aliphatic heterocycles. The predicted octanol–water partition coefficient (Wildman–Crippen LogP) is 2.58. The number of sulfonamides is 1. The van der Waals surface area contributed by atoms with Gasteiger partial charge in [0.1, 0.15) is 0 Å². The lowest BCUT2D eigenvalue weighted by Crippen LogP contribution is -2.35. The van der Waals surface area contributed by atoms with Crippen LogP contribution in [-0.2, 0) is 26.1 Å². The molecule has 0 fully saturated rings. The quantitative estimate of drug-likeness (QED) is 0.665. The molecule has 0 bridgehead atoms. The van der Waals surface area contributed by atoms with Gasteiger partial charge in [0.25, 0.3) is 5.91 Å². The fraction of sp³-hybridized carbons (Fsp3) is 0.333. The van der Waals surface area contributed by atoms with Crippen molar-refractivity contribution in [1.82, 2.24) is 9.62 Å². The van der Waals surface area contributed by atoms with E-state index in [0.29, 0.717) is 6.54 Å². The highest BCUT2D eigenvalue weighted by atomic mass is 32.2. The van der Waals surface area contributed by atoms with Crippen molar-refractivity contribution in [3.63, 3.8) is 0 Å². The van der Waals surface area contributed by atoms with Crippen LogP contribution in [0, 0.1) is 0 Å². The number of rotatable bonds is 8. The molecule has 0 unspecified atom stereocenters. The number of carbonyl (C=O) groups excluding carboxylic acids is 2. The minimum absolute atomic E-state index is 0.00988. The highest BCUT2D eigenvalue weighted by Crippen LogP contribution is 2.18. The van der Waals surface area contributed by atoms with Gasteiger partial charge in [0.2, 0.25) is 10.0 Å². The Bertz CT molecular complexity index is 958. The molecule has 1 amide bonds. The number of carbonyl (C=O) groups is 2. The second-order valence-corrected chi connectivity index (χ2v) is 8.89. The first-order chi connectivity index (χ1) is 13.6. The van der Waals surface area contributed by atoms with Crippen molar-refractivity contribution in [3.05, 3.63) is 65.7 Å². The summed E-state index contributed by atoms with van der Waals surface area (Å²) in [6, 6.07) is 14.7. The normalized spacial score (nSPS) is 12.6. The lowest BCUT2D eigenvalue weighted by Gasteiger charge is -2.21. The van der Waals surface area contributed by atoms with Crippen LogP contribution in [0.25, 0.3) is 0 Å². The number of hydrogen-bond donors (Lipinski definition) is 1. The maximum atomic E-state index is 12.6. The molecule has 29 heavy (non-hydrogen) atoms. The Labute approximate surface area is 171 Å². The van der Waals surface area contributed by atoms with E-state index in [-0.39, 0.29) is 16.5 Å². The number of benzene rings is 2. The van der Waals surface area contributed by atoms with E-state index in [1.54, 1.807) is 13.8 Å². The van der Waals surface area contributed by atoms with Crippen molar-refractivity contribution in [2.45, 2.75) is 44.4 Å². The average molecular weight is 419 g/mol. The van der Waals surface area contributed by atoms with Crippen LogP contribution < -0.4 is 5.32 Å². The molecule has 0 saturated heterocycles. The standard InChI is InChI=1S/C21H26N2O5S/c1-15(2)23(4)29(26,27)19-12-8-11-18(13-19)21(25)28-16(3)20(24)22-14-17-9-6-5-7-10-17/h5-13,15-16H,14H2,1-4H3,(H,22,24)/t16-/m0/s1. The topological polar surface area (TPSA) is 92.8 Å². The van der Waals surface area contributed by atoms with Gasteiger partial charge < -0.3 is 10.1 Å². The zero-order chi connectivity index (χ0) is 21.6. The van der Waals surface area contributed by atoms with Crippen molar-refractivity contribution in [1.29, 1.82) is 0 Å². The highest BCUT2D eigenvalue weighted by molar-refractivity contribution is 7.89. The first-order valence-electron chi connectivity index (χ1n) is 9.23. The van der Waals surface area contributed by atoms with Crippen molar-refractivity contribution < 1.29 is 22.7 Å². The molecule has 0 heterocycles. The molecule has 8 heteroatoms. The average Bonchev–Trinajstić information content (AvgIpc) is 2.71. The van der Waals surface area contributed by atoms with Gasteiger partial charge in [-0.25, -0.2) is 13.2 Å². The molecule has 0 aliphatic rings. The second-order valence-electron chi connectivity index (χ2n) is 6.89. The molecule has 0 spiro atoms. The largest absolute Gasteiger partial charge is 0.449 e. The maximum absolute atomic E-state index is 12.6. The fourth-order valence-corrected chi connectivity index (χ4v) is 3.85. The van der Waals surface area contributed by atoms with E-state index in [0.717, 1.165) is 5.56 Å². The lowest BCUT2D eigenvalue weighted by molar-refractivity contribution is -0.129. The van der Waals surface area contributed by atoms with Gasteiger partial charge in [-0.3, -0.25) is 4.79 Å². The monoisotopic (exact) mass is 418 g/mol. The third-order valence-electron chi connectivity index (χ3n) is 4.44. The van der Waals surface area contributed by atoms with Crippen molar-refractivity contribution in [3.8, 4) is 0 Å². The molecule has 0 saturated carbocycles. The van der Waals surface area contributed by atoms with Crippen LogP contribution >= 0.6 is 0 Å². The maximum Gasteiger partial charge on any atom is 0.338 e. The molecule has 156 valence electrons. The minimum Gasteiger partial charge on any atom is -0.449 e. The van der Waals surface area contributed by atoms with Crippen LogP contribution in [0.15, 0.2) is 59.5 Å². The van der Waals surface area contributed by atoms with Crippen LogP contribution in [0.3, 0.4) is 0 Å². The van der Waals surface area contributed by atoms with Crippen LogP contribution in [0.2, 0.25) is 0 Å². The third kappa shape index (κ3) is 5.88. The molecule has 0 aromatic heterocycles. The number of nitrogens with zero attached hydrogens (tertiary/aromatic N) is 1. The Morgan fingerprint density at radius 2 is 1.69 bits per heavy atom. The summed E-state index contributed by atoms with van der Waals surface area (Å²) in [6.45, 7) is 5.29. The van der Waals surface area contributed by atoms with E-state index in [9.17, 15) is 18.0 Å². The molecular formula is C21H26N2O5S. The van der Waals surface area contributed by atoms with Crippen LogP contribution in [0.1, 0.15) is 36.7 Å². The summed E-state index contributed by atoms with van der Waals surface area (Å²) >= 11 is 0. The summed E-state index contributed by atoms with van der Waals surface area (Å²) in [5.74, 6) is -1.21. The van der Waals surface area contributed by atoms with E-state index >= 15 is 0 Å². The summed E-state index contributed by atoms with van der Waals surface area (Å²) in [6.07, 6.45) is -1.02. The summed E-state index contributed by atoms with van der Waals surface area (Å²) in [5, 5.41) is 2.70. The first-order valence-corrected chi connectivity index (χ1v) is 10.7. The van der Waals surface area contributed by atoms with Crippen molar-refractivity contribution >= 4 is 21.9 Å². The fourth-order valence-electron chi connectivity index (χ4n) is 2.44. The van der Waals surface area contributed by atoms with Crippen molar-refractivity contribution in [2.75, 3.05) is 7.05 Å². The smallest absolute Gasteiger partial charge is 0.338 e. The summed E-state index contributed by atoms with van der Waals surface area (Å²) in [4.78, 5) is 24.6. The van der Waals surface area contributed by atoms with Crippen LogP contribution in [0.5, 0.6) is 0 Å². The number of hydrogen-bond acceptors (Lipinski definition) is 5. The Morgan fingerprint density at radius 3 is 2.31 bits per heavy atom. The first kappa shape index (κ1) is 22.6. The Kier molecular flexibility index (Phi) is 7.53. The Hall–Kier alpha value is -2.71. The van der Waals surface area contributed by atoms with Crippen LogP contribution in [-0.4, -0.2) is 43.8 Å². The molecule has 2 aromatic rings. The van der Waals surface area contributed by atoms with Gasteiger partial charge in [-0.1, -0.05) is 36.4 Å². The number of nitrogens with one attached hydrogen (secondary N) is 1. The molecule has 2 rings (SSSR count). The van der Waals surface area contributed by atoms with Gasteiger partial charge in [-0.05, 0) is 44.5 Å². The summed E-state index contributed by atoms with van der Waals surface area (Å²) in [5.41, 5.74) is 0.984. The highest BCUT2D eigenvalue weighted by Gasteiger charge is 2.25. The van der Waals surface area contributed by atoms with Crippen LogP contribution in [0.4, 0.5) is 0 Å². The zero-order valence-electron chi connectivity index (χ0n) is 17.0. The summed E-state index contributed by atoms with van der Waals surface area (Å²) < 4.78 is 31.6. The van der Waals surface area contributed by atoms with Crippen molar-refractivity contribution in [2.24, 2.45) is 0 Å². The SMILES string of the molecule is CC(C)N(C)S(=O)(=O)c1cccc(C(=O)O[C@@H](C)C(=O)NCc2ccccc2)c1. The number of ether oxygens (including phenoxy) is 1. The molecule has 2 aromatic carbocycles. The van der Waals surface area contributed by atoms with E-state index in [1.165, 1.54) is 42.5 Å². The van der Waals surface area contributed by atoms with Gasteiger partial charge >= 0.3 is 5.97 Å². The molecule has 0 aliphatic carbocycles. The lowest BCUT2D eigenvalue weighted by atomic mass is 10.2. The van der Waals surface area contributed by atoms with Gasteiger partial charge in [0, 0.05) is 19.6 Å². The molecule has 0 radical (unpaired) electrons. The molecule has 1 N–H and O–H groups in total. The van der Waals surface area contributed by atoms with Gasteiger partial charge in [-0.15, -0.1) is 0 Å². The van der Waals surface area contributed by atoms with E-state index in [1.807, 2.05) is 30.3 Å². The van der Waals surface area contributed by atoms with E-state index in [4.69, 9.17) is 4.74 Å². The number of esters is 1. The Balaban J connectivity index is 2.04. The van der Waals surface area contributed by atoms with E-state index < -0.39 is 28.0 Å². The second kappa shape index (κ2) is 9.67.